The summed E-state index contributed by atoms with van der Waals surface area (Å²) >= 11 is 3.70. The zero-order valence-electron chi connectivity index (χ0n) is 40.2. The molecule has 0 saturated carbocycles. The highest BCUT2D eigenvalue weighted by molar-refractivity contribution is 8.00. The lowest BCUT2D eigenvalue weighted by Gasteiger charge is -2.44. The monoisotopic (exact) mass is 940 g/mol. The van der Waals surface area contributed by atoms with Crippen molar-refractivity contribution >= 4 is 104 Å². The summed E-state index contributed by atoms with van der Waals surface area (Å²) in [6, 6.07) is 71.1. The zero-order valence-corrected chi connectivity index (χ0v) is 41.8. The van der Waals surface area contributed by atoms with Crippen molar-refractivity contribution in [2.24, 2.45) is 0 Å². The van der Waals surface area contributed by atoms with Gasteiger partial charge >= 0.3 is 0 Å². The van der Waals surface area contributed by atoms with Crippen molar-refractivity contribution in [1.29, 1.82) is 0 Å². The molecule has 0 bridgehead atoms. The molecule has 13 rings (SSSR count). The van der Waals surface area contributed by atoms with Gasteiger partial charge in [-0.3, -0.25) is 0 Å². The third-order valence-electron chi connectivity index (χ3n) is 14.4. The molecule has 0 aromatic heterocycles. The van der Waals surface area contributed by atoms with Crippen LogP contribution in [-0.2, 0) is 10.8 Å². The van der Waals surface area contributed by atoms with Crippen LogP contribution in [0.5, 0.6) is 23.0 Å². The first-order chi connectivity index (χ1) is 33.9. The molecular formula is C62H50B2N2O2S2. The summed E-state index contributed by atoms with van der Waals surface area (Å²) in [7, 11) is 0. The second-order valence-corrected chi connectivity index (χ2v) is 23.1. The molecule has 0 unspecified atom stereocenters. The van der Waals surface area contributed by atoms with Crippen LogP contribution in [0.25, 0.3) is 0 Å². The highest BCUT2D eigenvalue weighted by Gasteiger charge is 2.46. The van der Waals surface area contributed by atoms with Crippen molar-refractivity contribution in [2.45, 2.75) is 72.0 Å². The summed E-state index contributed by atoms with van der Waals surface area (Å²) in [5.41, 5.74) is 17.3. The van der Waals surface area contributed by atoms with E-state index >= 15 is 0 Å². The third-order valence-corrected chi connectivity index (χ3v) is 16.7. The predicted octanol–water partition coefficient (Wildman–Crippen LogP) is 13.4. The van der Waals surface area contributed by atoms with Crippen LogP contribution in [0.1, 0.15) is 52.7 Å². The normalized spacial score (nSPS) is 13.9. The van der Waals surface area contributed by atoms with E-state index in [4.69, 9.17) is 9.47 Å². The second-order valence-electron chi connectivity index (χ2n) is 20.9. The van der Waals surface area contributed by atoms with Crippen LogP contribution >= 0.6 is 23.5 Å². The van der Waals surface area contributed by atoms with Gasteiger partial charge in [0.1, 0.15) is 23.0 Å². The number of benzene rings is 9. The molecule has 0 atom stereocenters. The van der Waals surface area contributed by atoms with Crippen molar-refractivity contribution in [3.8, 4) is 23.0 Å². The van der Waals surface area contributed by atoms with Gasteiger partial charge in [0.15, 0.2) is 0 Å². The van der Waals surface area contributed by atoms with Gasteiger partial charge in [-0.05, 0) is 123 Å². The summed E-state index contributed by atoms with van der Waals surface area (Å²) in [6.45, 7) is 13.5. The highest BCUT2D eigenvalue weighted by atomic mass is 32.2. The van der Waals surface area contributed by atoms with Crippen molar-refractivity contribution in [3.63, 3.8) is 0 Å². The standard InChI is InChI=1S/C62H50B2N2O2S2/c1-61(2,3)39-25-29-43(30-26-39)67-45-33-53-59-57(35-45)69-55-23-15-13-21-47(55)63(59)49-37-50-52(38-51(49)65(53)41-17-9-7-10-18-41)66(42-19-11-8-12-20-42)54-34-46(68-44-31-27-40(28-32-44)62(4,5)6)36-58-60(54)64(50)48-22-14-16-24-56(48)70-58/h7-38H,1-6H3. The van der Waals surface area contributed by atoms with Crippen LogP contribution in [-0.4, -0.2) is 13.4 Å². The molecule has 4 aliphatic rings. The van der Waals surface area contributed by atoms with Gasteiger partial charge in [0.2, 0.25) is 13.4 Å². The van der Waals surface area contributed by atoms with Gasteiger partial charge in [0.25, 0.3) is 0 Å². The lowest BCUT2D eigenvalue weighted by atomic mass is 9.31. The molecule has 0 spiro atoms. The van der Waals surface area contributed by atoms with E-state index in [-0.39, 0.29) is 24.3 Å². The number of hydrogen-bond acceptors (Lipinski definition) is 6. The maximum atomic E-state index is 6.87. The van der Waals surface area contributed by atoms with Gasteiger partial charge < -0.3 is 19.3 Å². The van der Waals surface area contributed by atoms with E-state index in [1.165, 1.54) is 63.5 Å². The Hall–Kier alpha value is -6.99. The van der Waals surface area contributed by atoms with Crippen LogP contribution in [0.3, 0.4) is 0 Å². The van der Waals surface area contributed by atoms with Crippen LogP contribution in [0.4, 0.5) is 34.1 Å². The smallest absolute Gasteiger partial charge is 0.249 e. The summed E-state index contributed by atoms with van der Waals surface area (Å²) in [4.78, 5) is 9.95. The summed E-state index contributed by atoms with van der Waals surface area (Å²) in [5.74, 6) is 3.27. The minimum Gasteiger partial charge on any atom is -0.457 e. The van der Waals surface area contributed by atoms with Crippen LogP contribution < -0.4 is 52.1 Å². The van der Waals surface area contributed by atoms with Gasteiger partial charge in [0, 0.05) is 65.8 Å². The highest BCUT2D eigenvalue weighted by Crippen LogP contribution is 2.49. The number of anilines is 6. The second kappa shape index (κ2) is 16.3. The number of nitrogens with zero attached hydrogens (tertiary/aromatic N) is 2. The summed E-state index contributed by atoms with van der Waals surface area (Å²) in [6.07, 6.45) is 0. The Balaban J connectivity index is 1.05. The molecule has 0 radical (unpaired) electrons. The largest absolute Gasteiger partial charge is 0.457 e. The Morgan fingerprint density at radius 2 is 0.729 bits per heavy atom. The Morgan fingerprint density at radius 3 is 1.13 bits per heavy atom. The van der Waals surface area contributed by atoms with E-state index in [0.29, 0.717) is 0 Å². The fourth-order valence-corrected chi connectivity index (χ4v) is 13.4. The first kappa shape index (κ1) is 43.1. The van der Waals surface area contributed by atoms with Gasteiger partial charge in [-0.1, -0.05) is 179 Å². The fourth-order valence-electron chi connectivity index (χ4n) is 11.0. The van der Waals surface area contributed by atoms with Gasteiger partial charge in [-0.2, -0.15) is 0 Å². The van der Waals surface area contributed by atoms with Crippen molar-refractivity contribution < 1.29 is 9.47 Å². The Morgan fingerprint density at radius 1 is 0.343 bits per heavy atom. The Kier molecular flexibility index (Phi) is 10.0. The van der Waals surface area contributed by atoms with E-state index in [2.05, 4.69) is 245 Å². The van der Waals surface area contributed by atoms with Gasteiger partial charge in [-0.25, -0.2) is 0 Å². The summed E-state index contributed by atoms with van der Waals surface area (Å²) < 4.78 is 13.7. The molecule has 0 fully saturated rings. The van der Waals surface area contributed by atoms with Crippen molar-refractivity contribution in [3.05, 3.63) is 205 Å². The first-order valence-corrected chi connectivity index (χ1v) is 25.9. The van der Waals surface area contributed by atoms with Crippen LogP contribution in [0.2, 0.25) is 0 Å². The molecule has 0 N–H and O–H groups in total. The predicted molar refractivity (Wildman–Crippen MR) is 297 cm³/mol. The Bertz CT molecular complexity index is 3300. The molecule has 0 saturated heterocycles. The average molecular weight is 941 g/mol. The number of rotatable bonds is 6. The minimum absolute atomic E-state index is 0.0115. The average Bonchev–Trinajstić information content (AvgIpc) is 3.36. The number of para-hydroxylation sites is 2. The van der Waals surface area contributed by atoms with E-state index in [0.717, 1.165) is 57.1 Å². The SMILES string of the molecule is CC(C)(C)c1ccc(Oc2cc3c4c(c2)N(c2ccccc2)c2cc5c(cc2B4c2ccccc2S3)B2c3ccccc3Sc3cc(Oc4ccc(C(C)(C)C)cc4)cc(c32)N5c2ccccc2)cc1. The third kappa shape index (κ3) is 7.17. The molecular weight excluding hydrogens is 890 g/mol. The molecule has 9 aromatic rings. The maximum Gasteiger partial charge on any atom is 0.249 e. The lowest BCUT2D eigenvalue weighted by Crippen LogP contribution is -2.64. The van der Waals surface area contributed by atoms with Crippen LogP contribution in [0.15, 0.2) is 214 Å². The molecule has 9 aromatic carbocycles. The molecule has 4 nitrogen and oxygen atoms in total. The molecule has 0 aliphatic carbocycles. The number of hydrogen-bond donors (Lipinski definition) is 0. The van der Waals surface area contributed by atoms with E-state index < -0.39 is 0 Å². The van der Waals surface area contributed by atoms with Crippen LogP contribution in [0, 0.1) is 0 Å². The van der Waals surface area contributed by atoms with Crippen molar-refractivity contribution in [1.82, 2.24) is 0 Å². The quantitative estimate of drug-likeness (QED) is 0.154. The zero-order chi connectivity index (χ0) is 47.5. The van der Waals surface area contributed by atoms with Gasteiger partial charge in [0.05, 0.1) is 0 Å². The molecule has 70 heavy (non-hydrogen) atoms. The van der Waals surface area contributed by atoms with E-state index in [1.807, 2.05) is 23.5 Å². The number of ether oxygens (including phenoxy) is 2. The van der Waals surface area contributed by atoms with E-state index in [9.17, 15) is 0 Å². The van der Waals surface area contributed by atoms with Crippen molar-refractivity contribution in [2.75, 3.05) is 9.80 Å². The van der Waals surface area contributed by atoms with E-state index in [1.54, 1.807) is 0 Å². The van der Waals surface area contributed by atoms with Gasteiger partial charge in [-0.15, -0.1) is 0 Å². The lowest BCUT2D eigenvalue weighted by molar-refractivity contribution is 0.480. The molecule has 4 heterocycles. The Labute approximate surface area is 420 Å². The molecule has 0 amide bonds. The first-order valence-electron chi connectivity index (χ1n) is 24.3. The number of fused-ring (bicyclic) bond motifs is 8. The topological polar surface area (TPSA) is 24.9 Å². The maximum absolute atomic E-state index is 6.87. The summed E-state index contributed by atoms with van der Waals surface area (Å²) in [5, 5.41) is 0. The molecule has 338 valence electrons. The molecule has 8 heteroatoms. The fraction of sp³-hybridized carbons (Fsp3) is 0.129. The minimum atomic E-state index is -0.0115. The molecule has 4 aliphatic heterocycles.